The molecule has 0 amide bonds. The molecule has 0 aromatic heterocycles. The van der Waals surface area contributed by atoms with Crippen molar-refractivity contribution < 1.29 is 45.2 Å². The van der Waals surface area contributed by atoms with Gasteiger partial charge in [-0.05, 0) is 0 Å². The molecule has 0 bridgehead atoms. The molecule has 0 aromatic carbocycles. The molecule has 0 aliphatic heterocycles. The summed E-state index contributed by atoms with van der Waals surface area (Å²) in [4.78, 5) is 2.70. The molecule has 1 aliphatic rings. The van der Waals surface area contributed by atoms with Crippen LogP contribution in [-0.4, -0.2) is 24.5 Å². The molecule has 0 aromatic rings. The molecule has 1 unspecified atom stereocenters. The zero-order valence-corrected chi connectivity index (χ0v) is 18.9. The Morgan fingerprint density at radius 2 is 1.35 bits per heavy atom. The van der Waals surface area contributed by atoms with Crippen molar-refractivity contribution in [2.24, 2.45) is 5.41 Å². The molecule has 0 N–H and O–H groups in total. The van der Waals surface area contributed by atoms with E-state index in [4.69, 9.17) is 0 Å². The summed E-state index contributed by atoms with van der Waals surface area (Å²) >= 11 is 2.34. The van der Waals surface area contributed by atoms with Gasteiger partial charge in [0, 0.05) is 0 Å². The minimum absolute atomic E-state index is 0. The van der Waals surface area contributed by atoms with Crippen LogP contribution < -0.4 is 24.8 Å². The summed E-state index contributed by atoms with van der Waals surface area (Å²) in [5, 5.41) is 0. The smallest absolute Gasteiger partial charge is 1.00 e. The first-order valence-electron chi connectivity index (χ1n) is 8.72. The van der Waals surface area contributed by atoms with Gasteiger partial charge in [0.05, 0.1) is 0 Å². The summed E-state index contributed by atoms with van der Waals surface area (Å²) in [6.45, 7) is 17.8. The van der Waals surface area contributed by atoms with Crippen molar-refractivity contribution in [2.45, 2.75) is 73.6 Å². The van der Waals surface area contributed by atoms with Crippen LogP contribution >= 0.6 is 0 Å². The number of allylic oxidation sites excluding steroid dienone is 4. The van der Waals surface area contributed by atoms with Gasteiger partial charge in [-0.3, -0.25) is 0 Å². The van der Waals surface area contributed by atoms with E-state index in [9.17, 15) is 0 Å². The second-order valence-electron chi connectivity index (χ2n) is 6.88. The molecule has 0 fully saturated rings. The summed E-state index contributed by atoms with van der Waals surface area (Å²) < 4.78 is 1.60. The van der Waals surface area contributed by atoms with Crippen molar-refractivity contribution in [3.05, 3.63) is 20.6 Å². The predicted octanol–water partition coefficient (Wildman–Crippen LogP) is -0.536. The molecule has 0 saturated carbocycles. The Hall–Kier alpha value is 0.734. The van der Waals surface area contributed by atoms with Gasteiger partial charge in [-0.1, -0.05) is 0 Å². The maximum Gasteiger partial charge on any atom is -1.00 e. The first-order chi connectivity index (χ1) is 9.88. The Balaban J connectivity index is 0. The van der Waals surface area contributed by atoms with Crippen LogP contribution in [-0.2, 0) is 20.4 Å². The fraction of sp³-hybridized carbons (Fsp3) is 0.789. The Kier molecular flexibility index (Phi) is 13.7. The Labute approximate surface area is 169 Å². The van der Waals surface area contributed by atoms with E-state index in [1.54, 1.807) is 9.45 Å². The number of halogens is 2. The van der Waals surface area contributed by atoms with Gasteiger partial charge in [0.1, 0.15) is 0 Å². The molecule has 1 aliphatic carbocycles. The van der Waals surface area contributed by atoms with Gasteiger partial charge in [-0.25, -0.2) is 0 Å². The molecular weight excluding hydrogens is 361 g/mol. The van der Waals surface area contributed by atoms with Crippen molar-refractivity contribution in [2.75, 3.05) is 19.6 Å². The molecule has 0 saturated heterocycles. The van der Waals surface area contributed by atoms with Crippen LogP contribution in [0.4, 0.5) is 0 Å². The normalized spacial score (nSPS) is 20.9. The molecule has 133 valence electrons. The van der Waals surface area contributed by atoms with Gasteiger partial charge in [-0.15, -0.1) is 0 Å². The monoisotopic (exact) mass is 394 g/mol. The van der Waals surface area contributed by atoms with Gasteiger partial charge in [0.15, 0.2) is 0 Å². The van der Waals surface area contributed by atoms with Crippen LogP contribution in [0.5, 0.6) is 0 Å². The number of rotatable bonds is 9. The summed E-state index contributed by atoms with van der Waals surface area (Å²) in [5.74, 6) is 0. The van der Waals surface area contributed by atoms with E-state index in [-0.39, 0.29) is 24.8 Å². The third-order valence-electron chi connectivity index (χ3n) is 5.46. The van der Waals surface area contributed by atoms with E-state index < -0.39 is 0 Å². The average Bonchev–Trinajstić information content (AvgIpc) is 2.63. The van der Waals surface area contributed by atoms with Crippen LogP contribution in [0.25, 0.3) is 0 Å². The van der Waals surface area contributed by atoms with E-state index >= 15 is 0 Å². The summed E-state index contributed by atoms with van der Waals surface area (Å²) in [5.41, 5.74) is 4.96. The third kappa shape index (κ3) is 6.51. The van der Waals surface area contributed by atoms with E-state index in [2.05, 4.69) is 66.9 Å². The fourth-order valence-electron chi connectivity index (χ4n) is 3.28. The Morgan fingerprint density at radius 3 is 1.70 bits per heavy atom. The van der Waals surface area contributed by atoms with Crippen LogP contribution in [0.1, 0.15) is 73.6 Å². The van der Waals surface area contributed by atoms with Gasteiger partial charge >= 0.3 is 145 Å². The van der Waals surface area contributed by atoms with E-state index in [0.717, 1.165) is 0 Å². The molecular formula is C19H34Cl2NTi. The van der Waals surface area contributed by atoms with Crippen LogP contribution in [0, 0.1) is 5.41 Å². The minimum Gasteiger partial charge on any atom is -1.00 e. The van der Waals surface area contributed by atoms with Gasteiger partial charge in [-0.2, -0.15) is 0 Å². The number of nitrogens with zero attached hydrogens (tertiary/aromatic N) is 1. The average molecular weight is 395 g/mol. The maximum absolute atomic E-state index is 2.70. The van der Waals surface area contributed by atoms with Crippen LogP contribution in [0.3, 0.4) is 0 Å². The van der Waals surface area contributed by atoms with Crippen molar-refractivity contribution >= 4 is 0 Å². The minimum atomic E-state index is 0. The first kappa shape index (κ1) is 26.0. The van der Waals surface area contributed by atoms with Gasteiger partial charge < -0.3 is 24.8 Å². The van der Waals surface area contributed by atoms with Gasteiger partial charge in [0.2, 0.25) is 0 Å². The molecule has 0 spiro atoms. The zero-order valence-electron chi connectivity index (χ0n) is 15.9. The molecule has 0 heterocycles. The largest absolute Gasteiger partial charge is 1.00 e. The van der Waals surface area contributed by atoms with Crippen molar-refractivity contribution in [3.63, 3.8) is 0 Å². The molecule has 4 heteroatoms. The van der Waals surface area contributed by atoms with E-state index in [1.807, 2.05) is 0 Å². The van der Waals surface area contributed by atoms with Crippen molar-refractivity contribution in [1.82, 2.24) is 4.90 Å². The summed E-state index contributed by atoms with van der Waals surface area (Å²) in [6, 6.07) is 0. The molecule has 1 nitrogen and oxygen atoms in total. The standard InChI is InChI=1S/C19H34N.2ClH.Ti/c1-7-9-12-20(13-10-8-2)14-11-19(6)15-16(3)17(4)18(19)5;;;/h7-14H2,1-6H3;2*1H;/q;;;+2/p-2. The number of hydrogen-bond donors (Lipinski definition) is 0. The second-order valence-corrected chi connectivity index (χ2v) is 7.66. The Morgan fingerprint density at radius 1 is 0.870 bits per heavy atom. The van der Waals surface area contributed by atoms with E-state index in [1.165, 1.54) is 62.9 Å². The van der Waals surface area contributed by atoms with E-state index in [0.29, 0.717) is 5.41 Å². The van der Waals surface area contributed by atoms with Crippen LogP contribution in [0.15, 0.2) is 20.6 Å². The molecule has 1 atom stereocenters. The Bertz CT molecular complexity index is 384. The summed E-state index contributed by atoms with van der Waals surface area (Å²) in [7, 11) is 0. The fourth-order valence-corrected chi connectivity index (χ4v) is 4.06. The van der Waals surface area contributed by atoms with Gasteiger partial charge in [0.25, 0.3) is 0 Å². The quantitative estimate of drug-likeness (QED) is 0.475. The second kappa shape index (κ2) is 12.1. The molecule has 23 heavy (non-hydrogen) atoms. The maximum atomic E-state index is 2.70. The predicted molar refractivity (Wildman–Crippen MR) is 90.1 cm³/mol. The molecule has 0 radical (unpaired) electrons. The third-order valence-corrected chi connectivity index (χ3v) is 6.91. The zero-order chi connectivity index (χ0) is 16.0. The number of hydrogen-bond acceptors (Lipinski definition) is 1. The first-order valence-corrected chi connectivity index (χ1v) is 9.50. The summed E-state index contributed by atoms with van der Waals surface area (Å²) in [6.07, 6.45) is 6.54. The molecule has 1 rings (SSSR count). The topological polar surface area (TPSA) is 3.24 Å². The van der Waals surface area contributed by atoms with Crippen molar-refractivity contribution in [3.8, 4) is 0 Å². The van der Waals surface area contributed by atoms with Crippen LogP contribution in [0.2, 0.25) is 0 Å². The SMILES string of the molecule is CCCCN(CCCC)CCC1(C)C(C)=C(C)C(C)=[C]1[Ti+2].[Cl-].[Cl-]. The number of unbranched alkanes of at least 4 members (excludes halogenated alkanes) is 2. The van der Waals surface area contributed by atoms with Crippen molar-refractivity contribution in [1.29, 1.82) is 0 Å².